The Hall–Kier alpha value is -0.610. The van der Waals surface area contributed by atoms with Crippen molar-refractivity contribution in [3.63, 3.8) is 0 Å². The summed E-state index contributed by atoms with van der Waals surface area (Å²) in [5.41, 5.74) is 0.355. The smallest absolute Gasteiger partial charge is 0.248 e. The molecule has 0 aromatic rings. The van der Waals surface area contributed by atoms with E-state index in [0.29, 0.717) is 12.0 Å². The summed E-state index contributed by atoms with van der Waals surface area (Å²) in [5, 5.41) is 0. The predicted molar refractivity (Wildman–Crippen MR) is 90.2 cm³/mol. The fourth-order valence-corrected chi connectivity index (χ4v) is 5.64. The summed E-state index contributed by atoms with van der Waals surface area (Å²) in [5.74, 6) is 1.02. The molecular formula is C19H32N2O2. The number of fused-ring (bicyclic) bond motifs is 1. The lowest BCUT2D eigenvalue weighted by molar-refractivity contribution is -0.136. The molecule has 2 aliphatic heterocycles. The van der Waals surface area contributed by atoms with Crippen LogP contribution in [0.25, 0.3) is 0 Å². The number of carbonyl (C=O) groups excluding carboxylic acids is 1. The maximum atomic E-state index is 12.2. The van der Waals surface area contributed by atoms with Crippen LogP contribution in [0.1, 0.15) is 57.8 Å². The van der Waals surface area contributed by atoms with Crippen LogP contribution in [0.3, 0.4) is 0 Å². The van der Waals surface area contributed by atoms with Crippen LogP contribution >= 0.6 is 0 Å². The lowest BCUT2D eigenvalue weighted by Gasteiger charge is -2.30. The second kappa shape index (κ2) is 6.72. The van der Waals surface area contributed by atoms with Crippen LogP contribution in [0, 0.1) is 11.3 Å². The fourth-order valence-electron chi connectivity index (χ4n) is 5.64. The number of rotatable bonds is 5. The zero-order valence-corrected chi connectivity index (χ0v) is 14.5. The molecular weight excluding hydrogens is 288 g/mol. The highest BCUT2D eigenvalue weighted by Crippen LogP contribution is 2.50. The van der Waals surface area contributed by atoms with E-state index in [2.05, 4.69) is 4.90 Å². The van der Waals surface area contributed by atoms with Gasteiger partial charge in [0.15, 0.2) is 0 Å². The van der Waals surface area contributed by atoms with Crippen molar-refractivity contribution in [2.45, 2.75) is 63.8 Å². The molecule has 0 N–H and O–H groups in total. The first-order valence-electron chi connectivity index (χ1n) is 9.86. The van der Waals surface area contributed by atoms with Crippen LogP contribution in [0.15, 0.2) is 0 Å². The molecule has 1 amide bonds. The molecule has 23 heavy (non-hydrogen) atoms. The minimum atomic E-state index is 0.207. The number of likely N-dealkylation sites (tertiary alicyclic amines) is 2. The number of hydrogen-bond acceptors (Lipinski definition) is 3. The number of hydrogen-bond donors (Lipinski definition) is 0. The van der Waals surface area contributed by atoms with Gasteiger partial charge in [-0.25, -0.2) is 0 Å². The minimum absolute atomic E-state index is 0.207. The van der Waals surface area contributed by atoms with Gasteiger partial charge in [0.05, 0.1) is 6.61 Å². The number of amides is 1. The van der Waals surface area contributed by atoms with E-state index >= 15 is 0 Å². The monoisotopic (exact) mass is 320 g/mol. The van der Waals surface area contributed by atoms with Crippen molar-refractivity contribution >= 4 is 5.91 Å². The molecule has 2 saturated heterocycles. The van der Waals surface area contributed by atoms with Gasteiger partial charge in [0.1, 0.15) is 6.61 Å². The van der Waals surface area contributed by atoms with Gasteiger partial charge < -0.3 is 9.64 Å². The van der Waals surface area contributed by atoms with E-state index in [9.17, 15) is 4.79 Å². The molecule has 0 unspecified atom stereocenters. The van der Waals surface area contributed by atoms with Gasteiger partial charge in [0.2, 0.25) is 5.91 Å². The highest BCUT2D eigenvalue weighted by molar-refractivity contribution is 5.77. The van der Waals surface area contributed by atoms with Gasteiger partial charge in [-0.1, -0.05) is 19.3 Å². The van der Waals surface area contributed by atoms with E-state index in [1.807, 2.05) is 4.90 Å². The third-order valence-corrected chi connectivity index (χ3v) is 6.98. The van der Waals surface area contributed by atoms with Crippen LogP contribution < -0.4 is 0 Å². The van der Waals surface area contributed by atoms with E-state index in [0.717, 1.165) is 44.5 Å². The average molecular weight is 320 g/mol. The first kappa shape index (κ1) is 15.9. The van der Waals surface area contributed by atoms with E-state index in [4.69, 9.17) is 4.74 Å². The molecule has 2 atom stereocenters. The van der Waals surface area contributed by atoms with E-state index in [1.54, 1.807) is 0 Å². The highest BCUT2D eigenvalue weighted by Gasteiger charge is 2.50. The van der Waals surface area contributed by atoms with Crippen molar-refractivity contribution < 1.29 is 9.53 Å². The van der Waals surface area contributed by atoms with Crippen LogP contribution in [0.4, 0.5) is 0 Å². The summed E-state index contributed by atoms with van der Waals surface area (Å²) >= 11 is 0. The fraction of sp³-hybridized carbons (Fsp3) is 0.947. The van der Waals surface area contributed by atoms with E-state index in [-0.39, 0.29) is 5.91 Å². The van der Waals surface area contributed by atoms with Crippen molar-refractivity contribution in [2.24, 2.45) is 11.3 Å². The molecule has 4 nitrogen and oxygen atoms in total. The minimum Gasteiger partial charge on any atom is -0.371 e. The first-order valence-corrected chi connectivity index (χ1v) is 9.86. The summed E-state index contributed by atoms with van der Waals surface area (Å²) in [6.45, 7) is 5.49. The molecule has 4 heteroatoms. The summed E-state index contributed by atoms with van der Waals surface area (Å²) in [6.07, 6.45) is 12.0. The highest BCUT2D eigenvalue weighted by atomic mass is 16.5. The molecule has 0 bridgehead atoms. The second-order valence-corrected chi connectivity index (χ2v) is 8.40. The third-order valence-electron chi connectivity index (χ3n) is 6.98. The molecule has 130 valence electrons. The zero-order chi connectivity index (χ0) is 15.7. The maximum absolute atomic E-state index is 12.2. The predicted octanol–water partition coefficient (Wildman–Crippen LogP) is 2.67. The summed E-state index contributed by atoms with van der Waals surface area (Å²) in [7, 11) is 0. The molecule has 2 saturated carbocycles. The first-order chi connectivity index (χ1) is 11.3. The van der Waals surface area contributed by atoms with Crippen LogP contribution in [-0.4, -0.2) is 61.1 Å². The van der Waals surface area contributed by atoms with Crippen molar-refractivity contribution in [1.29, 1.82) is 0 Å². The molecule has 2 heterocycles. The van der Waals surface area contributed by atoms with Crippen LogP contribution in [0.2, 0.25) is 0 Å². The third kappa shape index (κ3) is 3.17. The van der Waals surface area contributed by atoms with Gasteiger partial charge in [0, 0.05) is 37.6 Å². The Morgan fingerprint density at radius 1 is 1.04 bits per heavy atom. The Labute approximate surface area is 140 Å². The van der Waals surface area contributed by atoms with Gasteiger partial charge in [-0.2, -0.15) is 0 Å². The van der Waals surface area contributed by atoms with Gasteiger partial charge in [0.25, 0.3) is 0 Å². The van der Waals surface area contributed by atoms with Crippen molar-refractivity contribution in [2.75, 3.05) is 39.4 Å². The molecule has 0 aromatic heterocycles. The molecule has 4 aliphatic rings. The van der Waals surface area contributed by atoms with Crippen LogP contribution in [0.5, 0.6) is 0 Å². The van der Waals surface area contributed by atoms with Crippen molar-refractivity contribution in [3.05, 3.63) is 0 Å². The van der Waals surface area contributed by atoms with E-state index < -0.39 is 0 Å². The lowest BCUT2D eigenvalue weighted by atomic mass is 9.81. The van der Waals surface area contributed by atoms with Gasteiger partial charge >= 0.3 is 0 Å². The molecule has 0 spiro atoms. The van der Waals surface area contributed by atoms with Gasteiger partial charge in [-0.3, -0.25) is 9.69 Å². The Kier molecular flexibility index (Phi) is 4.64. The summed E-state index contributed by atoms with van der Waals surface area (Å²) in [6, 6.07) is 0.837. The number of carbonyl (C=O) groups is 1. The Morgan fingerprint density at radius 3 is 2.61 bits per heavy atom. The average Bonchev–Trinajstić information content (AvgIpc) is 3.30. The quantitative estimate of drug-likeness (QED) is 0.781. The largest absolute Gasteiger partial charge is 0.371 e. The Bertz CT molecular complexity index is 429. The molecule has 0 aromatic carbocycles. The topological polar surface area (TPSA) is 32.8 Å². The van der Waals surface area contributed by atoms with Gasteiger partial charge in [-0.15, -0.1) is 0 Å². The molecule has 2 aliphatic carbocycles. The molecule has 0 radical (unpaired) electrons. The second-order valence-electron chi connectivity index (χ2n) is 8.40. The number of ether oxygens (including phenoxy) is 1. The number of nitrogens with zero attached hydrogens (tertiary/aromatic N) is 2. The molecule has 4 rings (SSSR count). The van der Waals surface area contributed by atoms with Crippen molar-refractivity contribution in [3.8, 4) is 0 Å². The zero-order valence-electron chi connectivity index (χ0n) is 14.5. The summed E-state index contributed by atoms with van der Waals surface area (Å²) in [4.78, 5) is 16.9. The normalized spacial score (nSPS) is 35.3. The SMILES string of the molecule is O=C(COC[C@]12CCC[C@H]1CN(C1CCCC1)C2)N1CCCC1. The standard InChI is InChI=1S/C19H32N2O2/c22-18(20-10-3-4-11-20)13-23-15-19-9-5-6-16(19)12-21(14-19)17-7-1-2-8-17/h16-17H,1-15H2/t16-,19+/m0/s1. The Balaban J connectivity index is 1.30. The Morgan fingerprint density at radius 2 is 1.83 bits per heavy atom. The van der Waals surface area contributed by atoms with Crippen molar-refractivity contribution in [1.82, 2.24) is 9.80 Å². The van der Waals surface area contributed by atoms with Gasteiger partial charge in [-0.05, 0) is 44.4 Å². The van der Waals surface area contributed by atoms with Crippen LogP contribution in [-0.2, 0) is 9.53 Å². The molecule has 4 fully saturated rings. The van der Waals surface area contributed by atoms with E-state index in [1.165, 1.54) is 58.0 Å². The maximum Gasteiger partial charge on any atom is 0.248 e. The summed E-state index contributed by atoms with van der Waals surface area (Å²) < 4.78 is 5.99. The lowest BCUT2D eigenvalue weighted by Crippen LogP contribution is -2.37.